The van der Waals surface area contributed by atoms with Crippen molar-refractivity contribution in [3.63, 3.8) is 0 Å². The van der Waals surface area contributed by atoms with Gasteiger partial charge in [-0.1, -0.05) is 0 Å². The zero-order valence-electron chi connectivity index (χ0n) is 10.1. The number of anilines is 3. The van der Waals surface area contributed by atoms with Crippen LogP contribution in [0.15, 0.2) is 29.0 Å². The average molecular weight is 309 g/mol. The molecule has 0 fully saturated rings. The first kappa shape index (κ1) is 12.6. The standard InChI is InChI=1S/C12H13BrN4O/c1-7-5-8(3-4-9(7)18-2)17-12-10(13)11(14)15-6-16-12/h3-6H,1-2H3,(H3,14,15,16,17). The van der Waals surface area contributed by atoms with E-state index in [9.17, 15) is 0 Å². The molecule has 0 aliphatic rings. The Kier molecular flexibility index (Phi) is 3.66. The molecule has 0 atom stereocenters. The van der Waals surface area contributed by atoms with Gasteiger partial charge in [0, 0.05) is 5.69 Å². The lowest BCUT2D eigenvalue weighted by Gasteiger charge is -2.10. The van der Waals surface area contributed by atoms with Gasteiger partial charge in [0.15, 0.2) is 0 Å². The minimum absolute atomic E-state index is 0.401. The summed E-state index contributed by atoms with van der Waals surface area (Å²) in [6, 6.07) is 5.79. The molecule has 2 aromatic rings. The summed E-state index contributed by atoms with van der Waals surface area (Å²) in [7, 11) is 1.65. The monoisotopic (exact) mass is 308 g/mol. The number of rotatable bonds is 3. The SMILES string of the molecule is COc1ccc(Nc2ncnc(N)c2Br)cc1C. The van der Waals surface area contributed by atoms with E-state index < -0.39 is 0 Å². The van der Waals surface area contributed by atoms with Gasteiger partial charge in [-0.25, -0.2) is 9.97 Å². The maximum absolute atomic E-state index is 5.69. The van der Waals surface area contributed by atoms with Crippen molar-refractivity contribution in [1.29, 1.82) is 0 Å². The number of nitrogens with zero attached hydrogens (tertiary/aromatic N) is 2. The van der Waals surface area contributed by atoms with Gasteiger partial charge < -0.3 is 15.8 Å². The number of halogens is 1. The third kappa shape index (κ3) is 2.53. The number of methoxy groups -OCH3 is 1. The van der Waals surface area contributed by atoms with Crippen LogP contribution in [-0.4, -0.2) is 17.1 Å². The van der Waals surface area contributed by atoms with Crippen LogP contribution >= 0.6 is 15.9 Å². The van der Waals surface area contributed by atoms with Gasteiger partial charge in [0.1, 0.15) is 28.2 Å². The summed E-state index contributed by atoms with van der Waals surface area (Å²) in [6.07, 6.45) is 1.42. The van der Waals surface area contributed by atoms with Crippen molar-refractivity contribution >= 4 is 33.3 Å². The first-order chi connectivity index (χ1) is 8.61. The second kappa shape index (κ2) is 5.22. The van der Waals surface area contributed by atoms with Crippen molar-refractivity contribution in [2.45, 2.75) is 6.92 Å². The molecule has 5 nitrogen and oxygen atoms in total. The van der Waals surface area contributed by atoms with E-state index in [1.807, 2.05) is 25.1 Å². The summed E-state index contributed by atoms with van der Waals surface area (Å²) in [5, 5.41) is 3.17. The lowest BCUT2D eigenvalue weighted by atomic mass is 10.2. The molecule has 0 aliphatic carbocycles. The van der Waals surface area contributed by atoms with E-state index in [0.29, 0.717) is 16.1 Å². The predicted molar refractivity (Wildman–Crippen MR) is 75.2 cm³/mol. The molecule has 1 aromatic carbocycles. The summed E-state index contributed by atoms with van der Waals surface area (Å²) in [4.78, 5) is 8.01. The van der Waals surface area contributed by atoms with Crippen LogP contribution in [0.5, 0.6) is 5.75 Å². The van der Waals surface area contributed by atoms with E-state index in [4.69, 9.17) is 10.5 Å². The minimum atomic E-state index is 0.401. The molecule has 1 aromatic heterocycles. The van der Waals surface area contributed by atoms with Crippen LogP contribution in [0, 0.1) is 6.92 Å². The van der Waals surface area contributed by atoms with Gasteiger partial charge in [-0.3, -0.25) is 0 Å². The van der Waals surface area contributed by atoms with E-state index in [1.54, 1.807) is 7.11 Å². The van der Waals surface area contributed by atoms with Crippen LogP contribution in [0.4, 0.5) is 17.3 Å². The number of nitrogens with one attached hydrogen (secondary N) is 1. The van der Waals surface area contributed by atoms with E-state index in [2.05, 4.69) is 31.2 Å². The largest absolute Gasteiger partial charge is 0.496 e. The molecule has 6 heteroatoms. The Bertz CT molecular complexity index is 574. The maximum Gasteiger partial charge on any atom is 0.150 e. The van der Waals surface area contributed by atoms with E-state index in [1.165, 1.54) is 6.33 Å². The first-order valence-electron chi connectivity index (χ1n) is 5.29. The molecule has 1 heterocycles. The van der Waals surface area contributed by atoms with Crippen molar-refractivity contribution in [3.8, 4) is 5.75 Å². The summed E-state index contributed by atoms with van der Waals surface area (Å²) in [5.74, 6) is 1.88. The summed E-state index contributed by atoms with van der Waals surface area (Å²) in [6.45, 7) is 1.98. The van der Waals surface area contributed by atoms with Crippen molar-refractivity contribution in [3.05, 3.63) is 34.6 Å². The molecule has 0 radical (unpaired) electrons. The van der Waals surface area contributed by atoms with Crippen LogP contribution in [0.1, 0.15) is 5.56 Å². The predicted octanol–water partition coefficient (Wildman–Crippen LogP) is 2.88. The maximum atomic E-state index is 5.69. The van der Waals surface area contributed by atoms with Crippen LogP contribution in [0.3, 0.4) is 0 Å². The van der Waals surface area contributed by atoms with Gasteiger partial charge in [0.05, 0.1) is 7.11 Å². The summed E-state index contributed by atoms with van der Waals surface area (Å²) in [5.41, 5.74) is 7.64. The summed E-state index contributed by atoms with van der Waals surface area (Å²) < 4.78 is 5.86. The second-order valence-corrected chi connectivity index (χ2v) is 4.52. The zero-order chi connectivity index (χ0) is 13.1. The Labute approximate surface area is 114 Å². The van der Waals surface area contributed by atoms with Crippen molar-refractivity contribution < 1.29 is 4.74 Å². The molecule has 0 aliphatic heterocycles. The molecule has 18 heavy (non-hydrogen) atoms. The normalized spacial score (nSPS) is 10.2. The minimum Gasteiger partial charge on any atom is -0.496 e. The van der Waals surface area contributed by atoms with Crippen LogP contribution in [0.25, 0.3) is 0 Å². The molecular weight excluding hydrogens is 296 g/mol. The highest BCUT2D eigenvalue weighted by molar-refractivity contribution is 9.10. The van der Waals surface area contributed by atoms with Crippen LogP contribution in [0.2, 0.25) is 0 Å². The van der Waals surface area contributed by atoms with Crippen molar-refractivity contribution in [1.82, 2.24) is 9.97 Å². The van der Waals surface area contributed by atoms with Gasteiger partial charge in [0.25, 0.3) is 0 Å². The lowest BCUT2D eigenvalue weighted by Crippen LogP contribution is -2.00. The van der Waals surface area contributed by atoms with E-state index in [-0.39, 0.29) is 0 Å². The smallest absolute Gasteiger partial charge is 0.150 e. The van der Waals surface area contributed by atoms with Crippen LogP contribution in [-0.2, 0) is 0 Å². The Morgan fingerprint density at radius 2 is 2.11 bits per heavy atom. The number of hydrogen-bond donors (Lipinski definition) is 2. The Morgan fingerprint density at radius 1 is 1.33 bits per heavy atom. The number of aryl methyl sites for hydroxylation is 1. The highest BCUT2D eigenvalue weighted by Gasteiger charge is 2.07. The number of hydrogen-bond acceptors (Lipinski definition) is 5. The highest BCUT2D eigenvalue weighted by atomic mass is 79.9. The van der Waals surface area contributed by atoms with Gasteiger partial charge in [-0.2, -0.15) is 0 Å². The Hall–Kier alpha value is -1.82. The van der Waals surface area contributed by atoms with E-state index >= 15 is 0 Å². The van der Waals surface area contributed by atoms with Crippen molar-refractivity contribution in [2.24, 2.45) is 0 Å². The molecule has 0 saturated heterocycles. The molecule has 2 rings (SSSR count). The number of nitrogens with two attached hydrogens (primary N) is 1. The topological polar surface area (TPSA) is 73.1 Å². The molecule has 0 spiro atoms. The first-order valence-corrected chi connectivity index (χ1v) is 6.08. The third-order valence-corrected chi connectivity index (χ3v) is 3.26. The number of nitrogen functional groups attached to an aromatic ring is 1. The average Bonchev–Trinajstić information content (AvgIpc) is 2.35. The molecular formula is C12H13BrN4O. The zero-order valence-corrected chi connectivity index (χ0v) is 11.7. The van der Waals surface area contributed by atoms with Crippen molar-refractivity contribution in [2.75, 3.05) is 18.2 Å². The fourth-order valence-electron chi connectivity index (χ4n) is 1.56. The summed E-state index contributed by atoms with van der Waals surface area (Å²) >= 11 is 3.35. The fourth-order valence-corrected chi connectivity index (χ4v) is 1.87. The van der Waals surface area contributed by atoms with Gasteiger partial charge in [0.2, 0.25) is 0 Å². The third-order valence-electron chi connectivity index (χ3n) is 2.47. The Balaban J connectivity index is 2.29. The Morgan fingerprint density at radius 3 is 2.78 bits per heavy atom. The number of benzene rings is 1. The molecule has 0 unspecified atom stereocenters. The quantitative estimate of drug-likeness (QED) is 0.912. The molecule has 0 amide bonds. The van der Waals surface area contributed by atoms with Gasteiger partial charge >= 0.3 is 0 Å². The molecule has 3 N–H and O–H groups in total. The number of aromatic nitrogens is 2. The highest BCUT2D eigenvalue weighted by Crippen LogP contribution is 2.28. The second-order valence-electron chi connectivity index (χ2n) is 3.73. The molecule has 0 saturated carbocycles. The lowest BCUT2D eigenvalue weighted by molar-refractivity contribution is 0.412. The van der Waals surface area contributed by atoms with E-state index in [0.717, 1.165) is 17.0 Å². The number of ether oxygens (including phenoxy) is 1. The fraction of sp³-hybridized carbons (Fsp3) is 0.167. The molecule has 94 valence electrons. The molecule has 0 bridgehead atoms. The van der Waals surface area contributed by atoms with Gasteiger partial charge in [-0.05, 0) is 46.6 Å². The van der Waals surface area contributed by atoms with Crippen LogP contribution < -0.4 is 15.8 Å². The van der Waals surface area contributed by atoms with Gasteiger partial charge in [-0.15, -0.1) is 0 Å².